The normalized spacial score (nSPS) is 13.1. The predicted octanol–water partition coefficient (Wildman–Crippen LogP) is 15.3. The molecule has 0 bridgehead atoms. The minimum Gasteiger partial charge on any atom is -0.252 e. The molecule has 0 N–H and O–H groups in total. The summed E-state index contributed by atoms with van der Waals surface area (Å²) in [6.07, 6.45) is 3.58. The Kier molecular flexibility index (Phi) is 7.18. The molecule has 0 radical (unpaired) electrons. The van der Waals surface area contributed by atoms with Crippen LogP contribution in [0.3, 0.4) is 0 Å². The fraction of sp³-hybridized carbons (Fsp3) is 0.0545. The number of fused-ring (bicyclic) bond motifs is 12. The fourth-order valence-corrected chi connectivity index (χ4v) is 10.8. The molecular formula is C55H36N2S. The fourth-order valence-electron chi connectivity index (χ4n) is 9.60. The van der Waals surface area contributed by atoms with E-state index in [1.165, 1.54) is 97.7 Å². The monoisotopic (exact) mass is 756 g/mol. The van der Waals surface area contributed by atoms with Crippen LogP contribution < -0.4 is 0 Å². The summed E-state index contributed by atoms with van der Waals surface area (Å²) in [6.45, 7) is 4.75. The van der Waals surface area contributed by atoms with E-state index >= 15 is 0 Å². The van der Waals surface area contributed by atoms with Crippen molar-refractivity contribution in [1.29, 1.82) is 0 Å². The third kappa shape index (κ3) is 4.97. The van der Waals surface area contributed by atoms with E-state index in [0.717, 1.165) is 21.8 Å². The van der Waals surface area contributed by atoms with Gasteiger partial charge in [-0.2, -0.15) is 0 Å². The van der Waals surface area contributed by atoms with Gasteiger partial charge in [0.15, 0.2) is 0 Å². The summed E-state index contributed by atoms with van der Waals surface area (Å²) in [6, 6.07) is 63.0. The first-order valence-corrected chi connectivity index (χ1v) is 20.8. The molecule has 0 aliphatic heterocycles. The minimum atomic E-state index is -0.156. The number of hydrogen-bond acceptors (Lipinski definition) is 3. The number of rotatable bonds is 4. The molecule has 0 spiro atoms. The smallest absolute Gasteiger partial charge is 0.0971 e. The second kappa shape index (κ2) is 12.5. The van der Waals surface area contributed by atoms with Gasteiger partial charge in [0, 0.05) is 48.8 Å². The van der Waals surface area contributed by atoms with Crippen molar-refractivity contribution >= 4 is 64.1 Å². The maximum atomic E-state index is 4.77. The summed E-state index contributed by atoms with van der Waals surface area (Å²) in [5.41, 5.74) is 17.0. The largest absolute Gasteiger partial charge is 0.252 e. The first-order valence-electron chi connectivity index (χ1n) is 20.0. The van der Waals surface area contributed by atoms with Crippen LogP contribution in [0.15, 0.2) is 182 Å². The van der Waals surface area contributed by atoms with Crippen molar-refractivity contribution in [3.63, 3.8) is 0 Å². The highest BCUT2D eigenvalue weighted by atomic mass is 32.1. The first kappa shape index (κ1) is 33.2. The molecule has 12 rings (SSSR count). The molecule has 58 heavy (non-hydrogen) atoms. The second-order valence-corrected chi connectivity index (χ2v) is 17.2. The van der Waals surface area contributed by atoms with Crippen molar-refractivity contribution in [3.05, 3.63) is 193 Å². The Morgan fingerprint density at radius 1 is 0.362 bits per heavy atom. The Hall–Kier alpha value is -6.94. The van der Waals surface area contributed by atoms with Crippen molar-refractivity contribution in [2.45, 2.75) is 19.3 Å². The highest BCUT2D eigenvalue weighted by Crippen LogP contribution is 2.51. The van der Waals surface area contributed by atoms with Gasteiger partial charge in [-0.3, -0.25) is 9.97 Å². The van der Waals surface area contributed by atoms with Crippen molar-refractivity contribution in [2.24, 2.45) is 0 Å². The van der Waals surface area contributed by atoms with E-state index in [2.05, 4.69) is 184 Å². The molecule has 9 aromatic carbocycles. The lowest BCUT2D eigenvalue weighted by atomic mass is 9.80. The van der Waals surface area contributed by atoms with Gasteiger partial charge in [-0.1, -0.05) is 153 Å². The van der Waals surface area contributed by atoms with Crippen LogP contribution in [0.1, 0.15) is 25.0 Å². The number of aromatic nitrogens is 2. The van der Waals surface area contributed by atoms with Gasteiger partial charge in [0.2, 0.25) is 0 Å². The van der Waals surface area contributed by atoms with E-state index in [4.69, 9.17) is 9.97 Å². The highest BCUT2D eigenvalue weighted by Gasteiger charge is 2.36. The summed E-state index contributed by atoms with van der Waals surface area (Å²) in [7, 11) is 0. The third-order valence-electron chi connectivity index (χ3n) is 12.6. The van der Waals surface area contributed by atoms with Crippen LogP contribution in [0.25, 0.3) is 108 Å². The molecule has 2 heterocycles. The van der Waals surface area contributed by atoms with Gasteiger partial charge < -0.3 is 0 Å². The van der Waals surface area contributed by atoms with Gasteiger partial charge in [-0.25, -0.2) is 0 Å². The van der Waals surface area contributed by atoms with Gasteiger partial charge in [0.25, 0.3) is 0 Å². The van der Waals surface area contributed by atoms with Crippen LogP contribution in [0.2, 0.25) is 0 Å². The molecule has 2 nitrogen and oxygen atoms in total. The highest BCUT2D eigenvalue weighted by molar-refractivity contribution is 7.26. The molecule has 1 aliphatic rings. The van der Waals surface area contributed by atoms with Crippen LogP contribution in [-0.2, 0) is 5.41 Å². The maximum absolute atomic E-state index is 4.77. The number of thiophene rings is 1. The average molecular weight is 757 g/mol. The molecule has 3 heteroatoms. The molecule has 2 aromatic heterocycles. The van der Waals surface area contributed by atoms with Crippen molar-refractivity contribution < 1.29 is 0 Å². The summed E-state index contributed by atoms with van der Waals surface area (Å²) < 4.78 is 2.69. The van der Waals surface area contributed by atoms with Crippen LogP contribution in [-0.4, -0.2) is 9.97 Å². The van der Waals surface area contributed by atoms with Crippen molar-refractivity contribution in [2.75, 3.05) is 0 Å². The van der Waals surface area contributed by atoms with E-state index in [1.54, 1.807) is 12.4 Å². The minimum absolute atomic E-state index is 0.156. The summed E-state index contributed by atoms with van der Waals surface area (Å²) in [4.78, 5) is 9.49. The Morgan fingerprint density at radius 3 is 1.60 bits per heavy atom. The zero-order valence-electron chi connectivity index (χ0n) is 32.1. The molecule has 0 fully saturated rings. The molecule has 272 valence electrons. The topological polar surface area (TPSA) is 25.8 Å². The van der Waals surface area contributed by atoms with Crippen LogP contribution >= 0.6 is 11.3 Å². The van der Waals surface area contributed by atoms with Gasteiger partial charge in [-0.05, 0) is 108 Å². The molecular weight excluding hydrogens is 721 g/mol. The Morgan fingerprint density at radius 2 is 0.879 bits per heavy atom. The van der Waals surface area contributed by atoms with Crippen LogP contribution in [0.5, 0.6) is 0 Å². The zero-order chi connectivity index (χ0) is 38.5. The summed E-state index contributed by atoms with van der Waals surface area (Å²) in [5.74, 6) is 0. The summed E-state index contributed by atoms with van der Waals surface area (Å²) >= 11 is 1.88. The number of hydrogen-bond donors (Lipinski definition) is 0. The summed E-state index contributed by atoms with van der Waals surface area (Å²) in [5, 5.41) is 7.35. The van der Waals surface area contributed by atoms with Crippen molar-refractivity contribution in [3.8, 4) is 55.6 Å². The van der Waals surface area contributed by atoms with E-state index in [-0.39, 0.29) is 5.41 Å². The maximum Gasteiger partial charge on any atom is 0.0971 e. The molecule has 0 saturated heterocycles. The Labute approximate surface area is 340 Å². The second-order valence-electron chi connectivity index (χ2n) is 16.1. The Bertz CT molecular complexity index is 3450. The van der Waals surface area contributed by atoms with Crippen molar-refractivity contribution in [1.82, 2.24) is 9.97 Å². The molecule has 0 atom stereocenters. The SMILES string of the molecule is CC1(C)c2cc(-c3cccc(-c4ccc(-c5cccc6c5sc5ccccc56)cc4)c3)ccc2-c2ccc(-c3ccc4c(c3)c3ccccc3c3nccnc43)cc21. The van der Waals surface area contributed by atoms with E-state index < -0.39 is 0 Å². The number of benzene rings is 9. The quantitative estimate of drug-likeness (QED) is 0.167. The number of nitrogens with zero attached hydrogens (tertiary/aromatic N) is 2. The first-order chi connectivity index (χ1) is 28.5. The lowest BCUT2D eigenvalue weighted by Crippen LogP contribution is -2.15. The van der Waals surface area contributed by atoms with Crippen LogP contribution in [0, 0.1) is 0 Å². The lowest BCUT2D eigenvalue weighted by molar-refractivity contribution is 0.661. The van der Waals surface area contributed by atoms with Crippen LogP contribution in [0.4, 0.5) is 0 Å². The van der Waals surface area contributed by atoms with Gasteiger partial charge in [0.05, 0.1) is 11.0 Å². The van der Waals surface area contributed by atoms with Gasteiger partial charge in [-0.15, -0.1) is 11.3 Å². The van der Waals surface area contributed by atoms with Gasteiger partial charge in [0.1, 0.15) is 0 Å². The van der Waals surface area contributed by atoms with Gasteiger partial charge >= 0.3 is 0 Å². The van der Waals surface area contributed by atoms with E-state index in [9.17, 15) is 0 Å². The Balaban J connectivity index is 0.872. The lowest BCUT2D eigenvalue weighted by Gasteiger charge is -2.23. The average Bonchev–Trinajstić information content (AvgIpc) is 3.78. The van der Waals surface area contributed by atoms with E-state index in [1.807, 2.05) is 11.3 Å². The zero-order valence-corrected chi connectivity index (χ0v) is 32.9. The molecule has 1 aliphatic carbocycles. The molecule has 0 saturated carbocycles. The van der Waals surface area contributed by atoms with E-state index in [0.29, 0.717) is 0 Å². The predicted molar refractivity (Wildman–Crippen MR) is 247 cm³/mol. The third-order valence-corrected chi connectivity index (χ3v) is 13.8. The standard InChI is InChI=1S/C55H36N2S/c1-55(2)49-31-38(36-10-7-9-35(29-36)33-17-19-34(20-18-33)40-14-8-15-47-44-12-5-6-16-51(44)58-54(40)47)21-24-42(49)43-25-22-39(32-50(43)55)37-23-26-46-48(30-37)41-11-3-4-13-45(41)52-53(46)57-28-27-56-52/h3-32H,1-2H3. The molecule has 0 unspecified atom stereocenters. The molecule has 11 aromatic rings. The molecule has 0 amide bonds.